The number of hydrogen-bond acceptors (Lipinski definition) is 5. The van der Waals surface area contributed by atoms with Crippen molar-refractivity contribution in [3.8, 4) is 0 Å². The van der Waals surface area contributed by atoms with Crippen molar-refractivity contribution in [3.05, 3.63) is 22.4 Å². The van der Waals surface area contributed by atoms with E-state index in [1.807, 2.05) is 45.2 Å². The highest BCUT2D eigenvalue weighted by molar-refractivity contribution is 7.12. The minimum absolute atomic E-state index is 0.0199. The minimum Gasteiger partial charge on any atom is -0.455 e. The smallest absolute Gasteiger partial charge is 0.309 e. The van der Waals surface area contributed by atoms with Crippen molar-refractivity contribution in [2.75, 3.05) is 19.7 Å². The lowest BCUT2D eigenvalue weighted by Crippen LogP contribution is -2.45. The molecule has 1 aliphatic rings. The fourth-order valence-electron chi connectivity index (χ4n) is 3.37. The summed E-state index contributed by atoms with van der Waals surface area (Å²) in [7, 11) is 0. The van der Waals surface area contributed by atoms with Crippen LogP contribution in [0.4, 0.5) is 0 Å². The van der Waals surface area contributed by atoms with Gasteiger partial charge < -0.3 is 14.5 Å². The van der Waals surface area contributed by atoms with Crippen molar-refractivity contribution >= 4 is 29.1 Å². The molecule has 144 valence electrons. The molecule has 2 rings (SSSR count). The number of amides is 2. The third-order valence-electron chi connectivity index (χ3n) is 4.59. The fourth-order valence-corrected chi connectivity index (χ4v) is 4.06. The predicted octanol–water partition coefficient (Wildman–Crippen LogP) is 2.79. The molecule has 1 aromatic rings. The Bertz CT molecular complexity index is 611. The highest BCUT2D eigenvalue weighted by atomic mass is 32.1. The number of nitrogens with zero attached hydrogens (tertiary/aromatic N) is 2. The second-order valence-corrected chi connectivity index (χ2v) is 8.09. The zero-order chi connectivity index (χ0) is 19.3. The molecule has 7 heteroatoms. The lowest BCUT2D eigenvalue weighted by Gasteiger charge is -2.32. The van der Waals surface area contributed by atoms with E-state index in [2.05, 4.69) is 0 Å². The standard InChI is InChI=1S/C19H28N2O4S/c1-13(2)21(14(3)4)17(22)12-25-19(24)15-7-9-20(10-8-15)18(23)16-6-5-11-26-16/h5-6,11,13-15H,7-10,12H2,1-4H3. The summed E-state index contributed by atoms with van der Waals surface area (Å²) in [5.74, 6) is -0.740. The number of rotatable bonds is 6. The second kappa shape index (κ2) is 9.16. The number of likely N-dealkylation sites (tertiary alicyclic amines) is 1. The van der Waals surface area contributed by atoms with E-state index < -0.39 is 0 Å². The Hall–Kier alpha value is -1.89. The molecule has 1 fully saturated rings. The van der Waals surface area contributed by atoms with Gasteiger partial charge in [-0.25, -0.2) is 0 Å². The third kappa shape index (κ3) is 5.06. The van der Waals surface area contributed by atoms with Gasteiger partial charge in [0.05, 0.1) is 10.8 Å². The molecular weight excluding hydrogens is 352 g/mol. The number of hydrogen-bond donors (Lipinski definition) is 0. The van der Waals surface area contributed by atoms with Crippen molar-refractivity contribution in [1.29, 1.82) is 0 Å². The summed E-state index contributed by atoms with van der Waals surface area (Å²) < 4.78 is 5.26. The molecule has 2 amide bonds. The molecule has 26 heavy (non-hydrogen) atoms. The number of carbonyl (C=O) groups excluding carboxylic acids is 3. The van der Waals surface area contributed by atoms with E-state index in [0.717, 1.165) is 4.88 Å². The van der Waals surface area contributed by atoms with Crippen molar-refractivity contribution in [2.45, 2.75) is 52.6 Å². The number of carbonyl (C=O) groups is 3. The summed E-state index contributed by atoms with van der Waals surface area (Å²) in [5, 5.41) is 1.88. The van der Waals surface area contributed by atoms with Gasteiger partial charge >= 0.3 is 5.97 Å². The van der Waals surface area contributed by atoms with E-state index in [4.69, 9.17) is 4.74 Å². The molecule has 0 aliphatic carbocycles. The van der Waals surface area contributed by atoms with Crippen LogP contribution in [0, 0.1) is 5.92 Å². The zero-order valence-corrected chi connectivity index (χ0v) is 16.8. The summed E-state index contributed by atoms with van der Waals surface area (Å²) in [6.45, 7) is 8.63. The third-order valence-corrected chi connectivity index (χ3v) is 5.44. The number of esters is 1. The Labute approximate surface area is 159 Å². The topological polar surface area (TPSA) is 66.9 Å². The molecule has 0 spiro atoms. The van der Waals surface area contributed by atoms with Crippen LogP contribution >= 0.6 is 11.3 Å². The SMILES string of the molecule is CC(C)N(C(=O)COC(=O)C1CCN(C(=O)c2cccs2)CC1)C(C)C. The highest BCUT2D eigenvalue weighted by Gasteiger charge is 2.30. The van der Waals surface area contributed by atoms with Crippen LogP contribution in [0.1, 0.15) is 50.2 Å². The van der Waals surface area contributed by atoms with E-state index in [1.165, 1.54) is 11.3 Å². The van der Waals surface area contributed by atoms with Gasteiger partial charge in [0, 0.05) is 25.2 Å². The molecule has 1 aliphatic heterocycles. The molecule has 0 bridgehead atoms. The van der Waals surface area contributed by atoms with Gasteiger partial charge in [0.1, 0.15) is 0 Å². The molecule has 0 aromatic carbocycles. The monoisotopic (exact) mass is 380 g/mol. The molecule has 6 nitrogen and oxygen atoms in total. The van der Waals surface area contributed by atoms with Crippen LogP contribution in [0.3, 0.4) is 0 Å². The molecule has 2 heterocycles. The maximum atomic E-state index is 12.3. The van der Waals surface area contributed by atoms with Crippen LogP contribution in [-0.2, 0) is 14.3 Å². The Balaban J connectivity index is 1.79. The quantitative estimate of drug-likeness (QED) is 0.712. The molecule has 0 unspecified atom stereocenters. The van der Waals surface area contributed by atoms with Crippen LogP contribution in [0.2, 0.25) is 0 Å². The average molecular weight is 381 g/mol. The van der Waals surface area contributed by atoms with Crippen LogP contribution in [-0.4, -0.2) is 59.4 Å². The lowest BCUT2D eigenvalue weighted by atomic mass is 9.97. The molecule has 0 radical (unpaired) electrons. The van der Waals surface area contributed by atoms with E-state index in [1.54, 1.807) is 9.80 Å². The summed E-state index contributed by atoms with van der Waals surface area (Å²) in [6, 6.07) is 3.80. The summed E-state index contributed by atoms with van der Waals surface area (Å²) in [5.41, 5.74) is 0. The van der Waals surface area contributed by atoms with Gasteiger partial charge in [0.25, 0.3) is 11.8 Å². The summed E-state index contributed by atoms with van der Waals surface area (Å²) >= 11 is 1.43. The first-order valence-corrected chi connectivity index (χ1v) is 9.99. The van der Waals surface area contributed by atoms with E-state index in [9.17, 15) is 14.4 Å². The fraction of sp³-hybridized carbons (Fsp3) is 0.632. The molecule has 1 aromatic heterocycles. The second-order valence-electron chi connectivity index (χ2n) is 7.14. The van der Waals surface area contributed by atoms with Gasteiger partial charge in [-0.1, -0.05) is 6.07 Å². The Kier molecular flexibility index (Phi) is 7.20. The van der Waals surface area contributed by atoms with Crippen LogP contribution in [0.5, 0.6) is 0 Å². The predicted molar refractivity (Wildman–Crippen MR) is 101 cm³/mol. The van der Waals surface area contributed by atoms with E-state index >= 15 is 0 Å². The van der Waals surface area contributed by atoms with Gasteiger partial charge in [0.15, 0.2) is 6.61 Å². The van der Waals surface area contributed by atoms with Crippen LogP contribution < -0.4 is 0 Å². The normalized spacial score (nSPS) is 15.4. The maximum Gasteiger partial charge on any atom is 0.309 e. The molecule has 0 saturated carbocycles. The first kappa shape index (κ1) is 20.4. The molecule has 0 N–H and O–H groups in total. The molecular formula is C19H28N2O4S. The number of ether oxygens (including phenoxy) is 1. The zero-order valence-electron chi connectivity index (χ0n) is 15.9. The van der Waals surface area contributed by atoms with Gasteiger partial charge in [-0.15, -0.1) is 11.3 Å². The van der Waals surface area contributed by atoms with Crippen LogP contribution in [0.15, 0.2) is 17.5 Å². The van der Waals surface area contributed by atoms with Crippen molar-refractivity contribution < 1.29 is 19.1 Å². The molecule has 1 saturated heterocycles. The highest BCUT2D eigenvalue weighted by Crippen LogP contribution is 2.22. The van der Waals surface area contributed by atoms with Crippen molar-refractivity contribution in [1.82, 2.24) is 9.80 Å². The van der Waals surface area contributed by atoms with E-state index in [0.29, 0.717) is 25.9 Å². The van der Waals surface area contributed by atoms with Gasteiger partial charge in [0.2, 0.25) is 0 Å². The van der Waals surface area contributed by atoms with Crippen molar-refractivity contribution in [3.63, 3.8) is 0 Å². The lowest BCUT2D eigenvalue weighted by molar-refractivity contribution is -0.158. The number of piperidine rings is 1. The first-order chi connectivity index (χ1) is 12.3. The number of thiophene rings is 1. The molecule has 0 atom stereocenters. The van der Waals surface area contributed by atoms with Gasteiger partial charge in [-0.3, -0.25) is 14.4 Å². The van der Waals surface area contributed by atoms with E-state index in [-0.39, 0.29) is 42.4 Å². The largest absolute Gasteiger partial charge is 0.455 e. The Morgan fingerprint density at radius 1 is 1.19 bits per heavy atom. The van der Waals surface area contributed by atoms with Crippen molar-refractivity contribution in [2.24, 2.45) is 5.92 Å². The first-order valence-electron chi connectivity index (χ1n) is 9.11. The Morgan fingerprint density at radius 2 is 1.81 bits per heavy atom. The van der Waals surface area contributed by atoms with Gasteiger partial charge in [-0.2, -0.15) is 0 Å². The summed E-state index contributed by atoms with van der Waals surface area (Å²) in [6.07, 6.45) is 1.14. The Morgan fingerprint density at radius 3 is 2.31 bits per heavy atom. The van der Waals surface area contributed by atoms with Gasteiger partial charge in [-0.05, 0) is 52.0 Å². The minimum atomic E-state index is -0.339. The maximum absolute atomic E-state index is 12.3. The van der Waals surface area contributed by atoms with Crippen LogP contribution in [0.25, 0.3) is 0 Å². The summed E-state index contributed by atoms with van der Waals surface area (Å²) in [4.78, 5) is 41.1. The average Bonchev–Trinajstić information content (AvgIpc) is 3.13.